The molecule has 0 aliphatic carbocycles. The molecular formula is C15H26N4O. The van der Waals surface area contributed by atoms with Crippen molar-refractivity contribution in [1.29, 1.82) is 0 Å². The van der Waals surface area contributed by atoms with Crippen molar-refractivity contribution in [3.63, 3.8) is 0 Å². The molecule has 0 bridgehead atoms. The Labute approximate surface area is 121 Å². The molecule has 2 heterocycles. The molecule has 1 aliphatic heterocycles. The predicted molar refractivity (Wildman–Crippen MR) is 80.8 cm³/mol. The van der Waals surface area contributed by atoms with Crippen molar-refractivity contribution in [3.8, 4) is 0 Å². The van der Waals surface area contributed by atoms with Gasteiger partial charge in [-0.05, 0) is 39.7 Å². The lowest BCUT2D eigenvalue weighted by atomic mass is 10.00. The standard InChI is InChI=1S/C15H26N4O/c1-5-13-8-6-7-9-19(13)10-14(20)16-15-11(2)17-18(4)12(15)3/h13H,5-10H2,1-4H3,(H,16,20)/t13-/m1/s1. The summed E-state index contributed by atoms with van der Waals surface area (Å²) in [5.74, 6) is 0.0737. The van der Waals surface area contributed by atoms with E-state index in [0.29, 0.717) is 12.6 Å². The van der Waals surface area contributed by atoms with Crippen LogP contribution in [0.4, 0.5) is 5.69 Å². The maximum Gasteiger partial charge on any atom is 0.238 e. The second-order valence-corrected chi connectivity index (χ2v) is 5.75. The van der Waals surface area contributed by atoms with Crippen LogP contribution in [0.1, 0.15) is 44.0 Å². The van der Waals surface area contributed by atoms with Gasteiger partial charge in [0.25, 0.3) is 0 Å². The third-order valence-electron chi connectivity index (χ3n) is 4.34. The number of carbonyl (C=O) groups is 1. The highest BCUT2D eigenvalue weighted by atomic mass is 16.2. The number of nitrogens with zero attached hydrogens (tertiary/aromatic N) is 3. The van der Waals surface area contributed by atoms with Crippen LogP contribution in [0.15, 0.2) is 0 Å². The molecule has 0 radical (unpaired) electrons. The normalized spacial score (nSPS) is 20.1. The average Bonchev–Trinajstić information content (AvgIpc) is 2.66. The average molecular weight is 278 g/mol. The molecule has 0 unspecified atom stereocenters. The maximum absolute atomic E-state index is 12.3. The van der Waals surface area contributed by atoms with E-state index in [1.54, 1.807) is 4.68 Å². The third kappa shape index (κ3) is 3.20. The van der Waals surface area contributed by atoms with Gasteiger partial charge in [0.15, 0.2) is 0 Å². The van der Waals surface area contributed by atoms with Crippen molar-refractivity contribution in [2.24, 2.45) is 7.05 Å². The number of aromatic nitrogens is 2. The maximum atomic E-state index is 12.3. The second kappa shape index (κ2) is 6.39. The molecule has 0 aromatic carbocycles. The first-order valence-electron chi connectivity index (χ1n) is 7.57. The van der Waals surface area contributed by atoms with Crippen LogP contribution in [0, 0.1) is 13.8 Å². The Morgan fingerprint density at radius 2 is 2.15 bits per heavy atom. The number of hydrogen-bond acceptors (Lipinski definition) is 3. The number of aryl methyl sites for hydroxylation is 2. The van der Waals surface area contributed by atoms with E-state index in [1.165, 1.54) is 19.3 Å². The van der Waals surface area contributed by atoms with Crippen molar-refractivity contribution in [1.82, 2.24) is 14.7 Å². The Kier molecular flexibility index (Phi) is 4.81. The number of anilines is 1. The first-order chi connectivity index (χ1) is 9.52. The SMILES string of the molecule is CC[C@@H]1CCCCN1CC(=O)Nc1c(C)nn(C)c1C. The molecule has 1 aromatic rings. The van der Waals surface area contributed by atoms with Crippen LogP contribution in [0.3, 0.4) is 0 Å². The van der Waals surface area contributed by atoms with E-state index in [4.69, 9.17) is 0 Å². The van der Waals surface area contributed by atoms with Crippen LogP contribution in [-0.4, -0.2) is 39.7 Å². The summed E-state index contributed by atoms with van der Waals surface area (Å²) < 4.78 is 1.81. The zero-order valence-corrected chi connectivity index (χ0v) is 13.1. The van der Waals surface area contributed by atoms with E-state index >= 15 is 0 Å². The predicted octanol–water partition coefficient (Wildman–Crippen LogP) is 2.24. The van der Waals surface area contributed by atoms with Gasteiger partial charge in [-0.1, -0.05) is 13.3 Å². The number of piperidine rings is 1. The van der Waals surface area contributed by atoms with Gasteiger partial charge in [0.05, 0.1) is 23.6 Å². The zero-order valence-electron chi connectivity index (χ0n) is 13.1. The van der Waals surface area contributed by atoms with Crippen LogP contribution < -0.4 is 5.32 Å². The first kappa shape index (κ1) is 15.0. The van der Waals surface area contributed by atoms with Gasteiger partial charge in [-0.25, -0.2) is 0 Å². The number of hydrogen-bond donors (Lipinski definition) is 1. The largest absolute Gasteiger partial charge is 0.322 e. The van der Waals surface area contributed by atoms with Gasteiger partial charge in [-0.3, -0.25) is 14.4 Å². The minimum atomic E-state index is 0.0737. The summed E-state index contributed by atoms with van der Waals surface area (Å²) in [6.07, 6.45) is 4.83. The molecule has 1 amide bonds. The zero-order chi connectivity index (χ0) is 14.7. The van der Waals surface area contributed by atoms with E-state index in [-0.39, 0.29) is 5.91 Å². The Balaban J connectivity index is 1.98. The molecule has 1 aromatic heterocycles. The van der Waals surface area contributed by atoms with Crippen molar-refractivity contribution in [2.75, 3.05) is 18.4 Å². The fourth-order valence-electron chi connectivity index (χ4n) is 3.05. The molecule has 112 valence electrons. The Hall–Kier alpha value is -1.36. The fourth-order valence-corrected chi connectivity index (χ4v) is 3.05. The Morgan fingerprint density at radius 1 is 1.40 bits per heavy atom. The molecular weight excluding hydrogens is 252 g/mol. The van der Waals surface area contributed by atoms with E-state index in [0.717, 1.165) is 30.0 Å². The lowest BCUT2D eigenvalue weighted by molar-refractivity contribution is -0.118. The van der Waals surface area contributed by atoms with E-state index in [9.17, 15) is 4.79 Å². The van der Waals surface area contributed by atoms with Crippen LogP contribution >= 0.6 is 0 Å². The third-order valence-corrected chi connectivity index (χ3v) is 4.34. The van der Waals surface area contributed by atoms with Crippen molar-refractivity contribution < 1.29 is 4.79 Å². The fraction of sp³-hybridized carbons (Fsp3) is 0.733. The summed E-state index contributed by atoms with van der Waals surface area (Å²) in [4.78, 5) is 14.6. The summed E-state index contributed by atoms with van der Waals surface area (Å²) in [6.45, 7) is 7.64. The molecule has 0 spiro atoms. The van der Waals surface area contributed by atoms with Gasteiger partial charge in [0.2, 0.25) is 5.91 Å². The molecule has 20 heavy (non-hydrogen) atoms. The summed E-state index contributed by atoms with van der Waals surface area (Å²) in [7, 11) is 1.90. The topological polar surface area (TPSA) is 50.2 Å². The molecule has 1 saturated heterocycles. The highest BCUT2D eigenvalue weighted by Crippen LogP contribution is 2.21. The Bertz CT molecular complexity index is 480. The Morgan fingerprint density at radius 3 is 2.75 bits per heavy atom. The highest BCUT2D eigenvalue weighted by molar-refractivity contribution is 5.93. The molecule has 1 atom stereocenters. The molecule has 0 saturated carbocycles. The number of amides is 1. The van der Waals surface area contributed by atoms with Crippen LogP contribution in [-0.2, 0) is 11.8 Å². The number of rotatable bonds is 4. The summed E-state index contributed by atoms with van der Waals surface area (Å²) in [5.41, 5.74) is 2.74. The van der Waals surface area contributed by atoms with E-state index in [1.807, 2.05) is 20.9 Å². The quantitative estimate of drug-likeness (QED) is 0.919. The van der Waals surface area contributed by atoms with Crippen LogP contribution in [0.5, 0.6) is 0 Å². The van der Waals surface area contributed by atoms with Gasteiger partial charge in [0, 0.05) is 13.1 Å². The smallest absolute Gasteiger partial charge is 0.238 e. The lowest BCUT2D eigenvalue weighted by Gasteiger charge is -2.34. The van der Waals surface area contributed by atoms with Crippen molar-refractivity contribution >= 4 is 11.6 Å². The van der Waals surface area contributed by atoms with Gasteiger partial charge in [-0.2, -0.15) is 5.10 Å². The van der Waals surface area contributed by atoms with Crippen LogP contribution in [0.2, 0.25) is 0 Å². The molecule has 1 N–H and O–H groups in total. The second-order valence-electron chi connectivity index (χ2n) is 5.75. The van der Waals surface area contributed by atoms with Gasteiger partial charge >= 0.3 is 0 Å². The number of nitrogens with one attached hydrogen (secondary N) is 1. The summed E-state index contributed by atoms with van der Waals surface area (Å²) >= 11 is 0. The van der Waals surface area contributed by atoms with Crippen molar-refractivity contribution in [3.05, 3.63) is 11.4 Å². The number of carbonyl (C=O) groups excluding carboxylic acids is 1. The lowest BCUT2D eigenvalue weighted by Crippen LogP contribution is -2.43. The minimum absolute atomic E-state index is 0.0737. The molecule has 2 rings (SSSR count). The molecule has 1 fully saturated rings. The van der Waals surface area contributed by atoms with Gasteiger partial charge in [-0.15, -0.1) is 0 Å². The molecule has 1 aliphatic rings. The summed E-state index contributed by atoms with van der Waals surface area (Å²) in [5, 5.41) is 7.36. The number of likely N-dealkylation sites (tertiary alicyclic amines) is 1. The summed E-state index contributed by atoms with van der Waals surface area (Å²) in [6, 6.07) is 0.561. The van der Waals surface area contributed by atoms with Gasteiger partial charge < -0.3 is 5.32 Å². The van der Waals surface area contributed by atoms with Gasteiger partial charge in [0.1, 0.15) is 0 Å². The monoisotopic (exact) mass is 278 g/mol. The minimum Gasteiger partial charge on any atom is -0.322 e. The van der Waals surface area contributed by atoms with Crippen LogP contribution in [0.25, 0.3) is 0 Å². The van der Waals surface area contributed by atoms with Crippen molar-refractivity contribution in [2.45, 2.75) is 52.5 Å². The van der Waals surface area contributed by atoms with E-state index in [2.05, 4.69) is 22.2 Å². The molecule has 5 heteroatoms. The first-order valence-corrected chi connectivity index (χ1v) is 7.57. The highest BCUT2D eigenvalue weighted by Gasteiger charge is 2.23. The van der Waals surface area contributed by atoms with E-state index < -0.39 is 0 Å². The molecule has 5 nitrogen and oxygen atoms in total.